The molecular weight excluding hydrogens is 263 g/mol. The minimum atomic E-state index is -1.78. The maximum absolute atomic E-state index is 14.8. The number of anilines is 1. The van der Waals surface area contributed by atoms with Crippen LogP contribution >= 0.6 is 0 Å². The lowest BCUT2D eigenvalue weighted by Crippen LogP contribution is -2.49. The van der Waals surface area contributed by atoms with Crippen molar-refractivity contribution >= 4 is 17.6 Å². The highest BCUT2D eigenvalue weighted by Crippen LogP contribution is 2.39. The second-order valence-electron chi connectivity index (χ2n) is 5.28. The van der Waals surface area contributed by atoms with E-state index < -0.39 is 17.5 Å². The zero-order valence-corrected chi connectivity index (χ0v) is 10.8. The summed E-state index contributed by atoms with van der Waals surface area (Å²) in [6.45, 7) is 1.32. The van der Waals surface area contributed by atoms with Crippen LogP contribution in [0.1, 0.15) is 16.8 Å². The molecule has 3 rings (SSSR count). The Balaban J connectivity index is 1.88. The van der Waals surface area contributed by atoms with Crippen molar-refractivity contribution in [3.8, 4) is 0 Å². The number of rotatable bonds is 2. The van der Waals surface area contributed by atoms with Crippen LogP contribution in [0.15, 0.2) is 24.3 Å². The van der Waals surface area contributed by atoms with Gasteiger partial charge in [-0.25, -0.2) is 9.18 Å². The Labute approximate surface area is 115 Å². The third-order valence-electron chi connectivity index (χ3n) is 4.13. The standard InChI is InChI=1S/C14H15FN2O3/c15-14-5-6-16-7-10(14)8-17(13(14)20)11-3-1-9(2-4-11)12(18)19/h1-4,10,16H,5-8H2,(H,18,19)/t10-,14+/m1/s1. The van der Waals surface area contributed by atoms with Gasteiger partial charge in [0.15, 0.2) is 5.67 Å². The van der Waals surface area contributed by atoms with E-state index in [-0.39, 0.29) is 17.9 Å². The van der Waals surface area contributed by atoms with Gasteiger partial charge in [0.05, 0.1) is 5.56 Å². The second kappa shape index (κ2) is 4.56. The van der Waals surface area contributed by atoms with Gasteiger partial charge in [-0.1, -0.05) is 0 Å². The summed E-state index contributed by atoms with van der Waals surface area (Å²) >= 11 is 0. The molecule has 0 unspecified atom stereocenters. The van der Waals surface area contributed by atoms with E-state index in [2.05, 4.69) is 5.32 Å². The number of piperidine rings is 1. The average molecular weight is 278 g/mol. The van der Waals surface area contributed by atoms with Crippen molar-refractivity contribution in [3.63, 3.8) is 0 Å². The number of carboxylic acid groups (broad SMARTS) is 1. The Morgan fingerprint density at radius 2 is 2.10 bits per heavy atom. The fourth-order valence-corrected chi connectivity index (χ4v) is 2.94. The number of halogens is 1. The maximum atomic E-state index is 14.8. The first kappa shape index (κ1) is 13.1. The van der Waals surface area contributed by atoms with E-state index in [1.54, 1.807) is 12.1 Å². The molecular formula is C14H15FN2O3. The number of benzene rings is 1. The lowest BCUT2D eigenvalue weighted by Gasteiger charge is -2.29. The van der Waals surface area contributed by atoms with Crippen LogP contribution in [0.2, 0.25) is 0 Å². The normalized spacial score (nSPS) is 29.4. The second-order valence-corrected chi connectivity index (χ2v) is 5.28. The first-order valence-corrected chi connectivity index (χ1v) is 6.57. The molecule has 0 radical (unpaired) electrons. The highest BCUT2D eigenvalue weighted by atomic mass is 19.1. The summed E-state index contributed by atoms with van der Waals surface area (Å²) in [5.74, 6) is -1.88. The molecule has 2 fully saturated rings. The van der Waals surface area contributed by atoms with Crippen molar-refractivity contribution < 1.29 is 19.1 Å². The summed E-state index contributed by atoms with van der Waals surface area (Å²) in [7, 11) is 0. The van der Waals surface area contributed by atoms with Gasteiger partial charge < -0.3 is 15.3 Å². The van der Waals surface area contributed by atoms with Gasteiger partial charge in [-0.2, -0.15) is 0 Å². The number of hydrogen-bond acceptors (Lipinski definition) is 3. The minimum absolute atomic E-state index is 0.148. The average Bonchev–Trinajstić information content (AvgIpc) is 2.72. The van der Waals surface area contributed by atoms with Gasteiger partial charge in [0, 0.05) is 31.1 Å². The van der Waals surface area contributed by atoms with Gasteiger partial charge in [0.1, 0.15) is 0 Å². The number of fused-ring (bicyclic) bond motifs is 1. The first-order valence-electron chi connectivity index (χ1n) is 6.57. The van der Waals surface area contributed by atoms with Crippen LogP contribution < -0.4 is 10.2 Å². The van der Waals surface area contributed by atoms with Crippen molar-refractivity contribution in [1.29, 1.82) is 0 Å². The highest BCUT2D eigenvalue weighted by molar-refractivity contribution is 6.02. The molecule has 6 heteroatoms. The lowest BCUT2D eigenvalue weighted by molar-refractivity contribution is -0.130. The number of alkyl halides is 1. The predicted molar refractivity (Wildman–Crippen MR) is 70.6 cm³/mol. The van der Waals surface area contributed by atoms with Gasteiger partial charge in [0.2, 0.25) is 0 Å². The van der Waals surface area contributed by atoms with Crippen LogP contribution in [0.4, 0.5) is 10.1 Å². The Morgan fingerprint density at radius 3 is 2.70 bits per heavy atom. The Morgan fingerprint density at radius 1 is 1.40 bits per heavy atom. The molecule has 2 N–H and O–H groups in total. The third-order valence-corrected chi connectivity index (χ3v) is 4.13. The topological polar surface area (TPSA) is 69.6 Å². The fraction of sp³-hybridized carbons (Fsp3) is 0.429. The minimum Gasteiger partial charge on any atom is -0.478 e. The first-order chi connectivity index (χ1) is 9.52. The zero-order chi connectivity index (χ0) is 14.3. The van der Waals surface area contributed by atoms with E-state index in [9.17, 15) is 14.0 Å². The molecule has 2 atom stereocenters. The Hall–Kier alpha value is -1.95. The van der Waals surface area contributed by atoms with E-state index in [1.165, 1.54) is 17.0 Å². The van der Waals surface area contributed by atoms with Crippen LogP contribution in [-0.4, -0.2) is 42.3 Å². The van der Waals surface area contributed by atoms with E-state index in [4.69, 9.17) is 5.11 Å². The van der Waals surface area contributed by atoms with Gasteiger partial charge in [-0.3, -0.25) is 4.79 Å². The molecule has 1 aromatic carbocycles. The summed E-state index contributed by atoms with van der Waals surface area (Å²) in [6.07, 6.45) is 0.195. The summed E-state index contributed by atoms with van der Waals surface area (Å²) in [5, 5.41) is 12.0. The quantitative estimate of drug-likeness (QED) is 0.848. The molecule has 2 heterocycles. The third kappa shape index (κ3) is 1.87. The number of nitrogens with zero attached hydrogens (tertiary/aromatic N) is 1. The van der Waals surface area contributed by atoms with Crippen molar-refractivity contribution in [2.24, 2.45) is 5.92 Å². The van der Waals surface area contributed by atoms with Crippen LogP contribution in [-0.2, 0) is 4.79 Å². The number of carbonyl (C=O) groups is 2. The molecule has 0 saturated carbocycles. The molecule has 2 aliphatic rings. The molecule has 1 amide bonds. The molecule has 0 aliphatic carbocycles. The highest BCUT2D eigenvalue weighted by Gasteiger charge is 2.56. The van der Waals surface area contributed by atoms with E-state index in [1.807, 2.05) is 0 Å². The Kier molecular flexibility index (Phi) is 2.97. The van der Waals surface area contributed by atoms with Gasteiger partial charge in [-0.05, 0) is 30.8 Å². The number of carboxylic acids is 1. The molecule has 0 aromatic heterocycles. The molecule has 106 valence electrons. The van der Waals surface area contributed by atoms with Crippen molar-refractivity contribution in [1.82, 2.24) is 5.32 Å². The molecule has 20 heavy (non-hydrogen) atoms. The smallest absolute Gasteiger partial charge is 0.335 e. The molecule has 2 saturated heterocycles. The maximum Gasteiger partial charge on any atom is 0.335 e. The van der Waals surface area contributed by atoms with Crippen LogP contribution in [0.5, 0.6) is 0 Å². The summed E-state index contributed by atoms with van der Waals surface area (Å²) in [5.41, 5.74) is -1.09. The van der Waals surface area contributed by atoms with Crippen molar-refractivity contribution in [2.75, 3.05) is 24.5 Å². The van der Waals surface area contributed by atoms with E-state index >= 15 is 0 Å². The predicted octanol–water partition coefficient (Wildman–Crippen LogP) is 1.05. The van der Waals surface area contributed by atoms with Gasteiger partial charge in [-0.15, -0.1) is 0 Å². The number of amides is 1. The van der Waals surface area contributed by atoms with Crippen LogP contribution in [0.25, 0.3) is 0 Å². The molecule has 5 nitrogen and oxygen atoms in total. The molecule has 0 spiro atoms. The summed E-state index contributed by atoms with van der Waals surface area (Å²) in [4.78, 5) is 24.5. The largest absolute Gasteiger partial charge is 0.478 e. The van der Waals surface area contributed by atoms with E-state index in [0.717, 1.165) is 0 Å². The molecule has 1 aromatic rings. The van der Waals surface area contributed by atoms with Crippen LogP contribution in [0.3, 0.4) is 0 Å². The summed E-state index contributed by atoms with van der Waals surface area (Å²) in [6, 6.07) is 5.96. The number of carbonyl (C=O) groups excluding carboxylic acids is 1. The SMILES string of the molecule is O=C(O)c1ccc(N2C[C@H]3CNCC[C@@]3(F)C2=O)cc1. The number of hydrogen-bond donors (Lipinski definition) is 2. The van der Waals surface area contributed by atoms with Gasteiger partial charge in [0.25, 0.3) is 5.91 Å². The summed E-state index contributed by atoms with van der Waals surface area (Å²) < 4.78 is 14.8. The lowest BCUT2D eigenvalue weighted by atomic mass is 9.86. The van der Waals surface area contributed by atoms with Crippen molar-refractivity contribution in [2.45, 2.75) is 12.1 Å². The zero-order valence-electron chi connectivity index (χ0n) is 10.8. The Bertz CT molecular complexity index is 560. The fourth-order valence-electron chi connectivity index (χ4n) is 2.94. The monoisotopic (exact) mass is 278 g/mol. The molecule has 2 aliphatic heterocycles. The van der Waals surface area contributed by atoms with Crippen LogP contribution in [0, 0.1) is 5.92 Å². The number of nitrogens with one attached hydrogen (secondary N) is 1. The van der Waals surface area contributed by atoms with E-state index in [0.29, 0.717) is 25.3 Å². The molecule has 0 bridgehead atoms. The number of aromatic carboxylic acids is 1. The van der Waals surface area contributed by atoms with Gasteiger partial charge >= 0.3 is 5.97 Å². The van der Waals surface area contributed by atoms with Crippen molar-refractivity contribution in [3.05, 3.63) is 29.8 Å².